The Kier molecular flexibility index (Phi) is 5.17. The average Bonchev–Trinajstić information content (AvgIpc) is 2.83. The lowest BCUT2D eigenvalue weighted by atomic mass is 9.74. The summed E-state index contributed by atoms with van der Waals surface area (Å²) in [6, 6.07) is 0. The second-order valence-corrected chi connectivity index (χ2v) is 7.57. The maximum atomic E-state index is 11.0. The summed E-state index contributed by atoms with van der Waals surface area (Å²) in [6.45, 7) is 10.9. The van der Waals surface area contributed by atoms with Crippen molar-refractivity contribution >= 4 is 18.8 Å². The molecular weight excluding hydrogens is 302 g/mol. The molecule has 2 fully saturated rings. The molecule has 0 bridgehead atoms. The first-order valence-electron chi connectivity index (χ1n) is 8.13. The SMILES string of the molecule is CCC1(CC)CC2(CC(C)(C)N1S)OCC(COC(C)=O)O2. The van der Waals surface area contributed by atoms with Crippen molar-refractivity contribution in [1.82, 2.24) is 4.31 Å². The number of rotatable bonds is 4. The van der Waals surface area contributed by atoms with E-state index in [1.54, 1.807) is 0 Å². The molecule has 0 aliphatic carbocycles. The van der Waals surface area contributed by atoms with Crippen LogP contribution >= 0.6 is 12.8 Å². The fraction of sp³-hybridized carbons (Fsp3) is 0.938. The molecule has 0 aromatic heterocycles. The van der Waals surface area contributed by atoms with Gasteiger partial charge in [-0.15, -0.1) is 0 Å². The molecule has 128 valence electrons. The monoisotopic (exact) mass is 331 g/mol. The Morgan fingerprint density at radius 2 is 1.95 bits per heavy atom. The highest BCUT2D eigenvalue weighted by atomic mass is 32.1. The minimum Gasteiger partial charge on any atom is -0.463 e. The molecule has 2 aliphatic rings. The number of hydrogen-bond donors (Lipinski definition) is 1. The summed E-state index contributed by atoms with van der Waals surface area (Å²) < 4.78 is 19.6. The molecule has 0 N–H and O–H groups in total. The van der Waals surface area contributed by atoms with Crippen molar-refractivity contribution in [2.75, 3.05) is 13.2 Å². The summed E-state index contributed by atoms with van der Waals surface area (Å²) in [6.07, 6.45) is 3.33. The zero-order chi connectivity index (χ0) is 16.6. The lowest BCUT2D eigenvalue weighted by molar-refractivity contribution is -0.237. The fourth-order valence-electron chi connectivity index (χ4n) is 3.91. The first kappa shape index (κ1) is 18.0. The van der Waals surface area contributed by atoms with Crippen LogP contribution < -0.4 is 0 Å². The van der Waals surface area contributed by atoms with E-state index in [0.29, 0.717) is 6.61 Å². The third-order valence-electron chi connectivity index (χ3n) is 5.03. The summed E-state index contributed by atoms with van der Waals surface area (Å²) in [5, 5.41) is 0. The standard InChI is InChI=1S/C16H29NO4S/c1-6-15(7-2)11-16(10-14(4,5)17(15)22)20-9-13(21-16)8-19-12(3)18/h13,22H,6-11H2,1-5H3. The van der Waals surface area contributed by atoms with Crippen LogP contribution in [0.5, 0.6) is 0 Å². The highest BCUT2D eigenvalue weighted by Crippen LogP contribution is 2.51. The van der Waals surface area contributed by atoms with Crippen LogP contribution in [-0.2, 0) is 19.0 Å². The van der Waals surface area contributed by atoms with E-state index in [2.05, 4.69) is 32.0 Å². The molecular formula is C16H29NO4S. The predicted molar refractivity (Wildman–Crippen MR) is 87.6 cm³/mol. The molecule has 5 nitrogen and oxygen atoms in total. The second kappa shape index (κ2) is 6.30. The lowest BCUT2D eigenvalue weighted by Crippen LogP contribution is -2.64. The second-order valence-electron chi connectivity index (χ2n) is 7.17. The molecule has 1 spiro atoms. The van der Waals surface area contributed by atoms with Crippen molar-refractivity contribution in [2.45, 2.75) is 83.3 Å². The number of hydrogen-bond acceptors (Lipinski definition) is 6. The maximum absolute atomic E-state index is 11.0. The van der Waals surface area contributed by atoms with Crippen LogP contribution in [0.15, 0.2) is 0 Å². The number of carbonyl (C=O) groups is 1. The van der Waals surface area contributed by atoms with Crippen molar-refractivity contribution in [3.05, 3.63) is 0 Å². The van der Waals surface area contributed by atoms with Crippen LogP contribution in [-0.4, -0.2) is 46.5 Å². The van der Waals surface area contributed by atoms with Gasteiger partial charge in [0.25, 0.3) is 0 Å². The van der Waals surface area contributed by atoms with Crippen molar-refractivity contribution in [1.29, 1.82) is 0 Å². The van der Waals surface area contributed by atoms with Gasteiger partial charge < -0.3 is 14.2 Å². The van der Waals surface area contributed by atoms with Gasteiger partial charge in [-0.25, -0.2) is 4.31 Å². The van der Waals surface area contributed by atoms with Gasteiger partial charge >= 0.3 is 5.97 Å². The fourth-order valence-corrected chi connectivity index (χ4v) is 4.33. The molecule has 2 saturated heterocycles. The van der Waals surface area contributed by atoms with E-state index < -0.39 is 5.79 Å². The van der Waals surface area contributed by atoms with Gasteiger partial charge in [0.1, 0.15) is 12.7 Å². The number of piperidine rings is 1. The topological polar surface area (TPSA) is 48.0 Å². The van der Waals surface area contributed by atoms with Crippen LogP contribution in [0, 0.1) is 0 Å². The third kappa shape index (κ3) is 3.30. The van der Waals surface area contributed by atoms with Gasteiger partial charge in [-0.05, 0) is 26.7 Å². The molecule has 22 heavy (non-hydrogen) atoms. The summed E-state index contributed by atoms with van der Waals surface area (Å²) in [4.78, 5) is 11.0. The van der Waals surface area contributed by atoms with Crippen LogP contribution in [0.1, 0.15) is 60.3 Å². The molecule has 0 saturated carbocycles. The molecule has 0 amide bonds. The van der Waals surface area contributed by atoms with Gasteiger partial charge in [0.2, 0.25) is 0 Å². The Labute approximate surface area is 139 Å². The number of nitrogens with zero attached hydrogens (tertiary/aromatic N) is 1. The highest BCUT2D eigenvalue weighted by molar-refractivity contribution is 7.77. The van der Waals surface area contributed by atoms with Crippen LogP contribution in [0.2, 0.25) is 0 Å². The lowest BCUT2D eigenvalue weighted by Gasteiger charge is -2.57. The Bertz CT molecular complexity index is 424. The zero-order valence-corrected chi connectivity index (χ0v) is 15.2. The Balaban J connectivity index is 2.16. The maximum Gasteiger partial charge on any atom is 0.302 e. The van der Waals surface area contributed by atoms with Crippen LogP contribution in [0.25, 0.3) is 0 Å². The summed E-state index contributed by atoms with van der Waals surface area (Å²) >= 11 is 4.80. The molecule has 2 aliphatic heterocycles. The molecule has 0 radical (unpaired) electrons. The Hall–Kier alpha value is -0.300. The predicted octanol–water partition coefficient (Wildman–Crippen LogP) is 2.94. The van der Waals surface area contributed by atoms with Gasteiger partial charge in [0.15, 0.2) is 5.79 Å². The van der Waals surface area contributed by atoms with Crippen LogP contribution in [0.3, 0.4) is 0 Å². The van der Waals surface area contributed by atoms with Gasteiger partial charge in [-0.3, -0.25) is 4.79 Å². The average molecular weight is 331 g/mol. The number of carbonyl (C=O) groups excluding carboxylic acids is 1. The number of thiol groups is 1. The van der Waals surface area contributed by atoms with E-state index in [4.69, 9.17) is 27.0 Å². The first-order chi connectivity index (χ1) is 10.2. The van der Waals surface area contributed by atoms with E-state index in [9.17, 15) is 4.79 Å². The van der Waals surface area contributed by atoms with Gasteiger partial charge in [0.05, 0.1) is 6.61 Å². The van der Waals surface area contributed by atoms with Gasteiger partial charge in [0, 0.05) is 30.8 Å². The van der Waals surface area contributed by atoms with E-state index >= 15 is 0 Å². The smallest absolute Gasteiger partial charge is 0.302 e. The zero-order valence-electron chi connectivity index (χ0n) is 14.3. The van der Waals surface area contributed by atoms with Gasteiger partial charge in [-0.2, -0.15) is 0 Å². The molecule has 2 heterocycles. The van der Waals surface area contributed by atoms with E-state index in [-0.39, 0.29) is 29.8 Å². The molecule has 0 aromatic carbocycles. The number of ether oxygens (including phenoxy) is 3. The normalized spacial score (nSPS) is 34.0. The van der Waals surface area contributed by atoms with Crippen molar-refractivity contribution in [3.8, 4) is 0 Å². The largest absolute Gasteiger partial charge is 0.463 e. The molecule has 2 rings (SSSR count). The Morgan fingerprint density at radius 1 is 1.32 bits per heavy atom. The minimum atomic E-state index is -0.598. The molecule has 0 aromatic rings. The van der Waals surface area contributed by atoms with E-state index in [1.807, 2.05) is 0 Å². The molecule has 2 unspecified atom stereocenters. The summed E-state index contributed by atoms with van der Waals surface area (Å²) in [5.41, 5.74) is -0.190. The van der Waals surface area contributed by atoms with Gasteiger partial charge in [-0.1, -0.05) is 26.7 Å². The van der Waals surface area contributed by atoms with Crippen LogP contribution in [0.4, 0.5) is 0 Å². The Morgan fingerprint density at radius 3 is 2.50 bits per heavy atom. The molecule has 2 atom stereocenters. The first-order valence-corrected chi connectivity index (χ1v) is 8.53. The minimum absolute atomic E-state index is 0.0544. The summed E-state index contributed by atoms with van der Waals surface area (Å²) in [7, 11) is 0. The van der Waals surface area contributed by atoms with Crippen molar-refractivity contribution < 1.29 is 19.0 Å². The quantitative estimate of drug-likeness (QED) is 0.634. The summed E-state index contributed by atoms with van der Waals surface area (Å²) in [5.74, 6) is -0.883. The van der Waals surface area contributed by atoms with E-state index in [1.165, 1.54) is 6.92 Å². The van der Waals surface area contributed by atoms with Crippen molar-refractivity contribution in [3.63, 3.8) is 0 Å². The highest BCUT2D eigenvalue weighted by Gasteiger charge is 2.58. The van der Waals surface area contributed by atoms with E-state index in [0.717, 1.165) is 25.7 Å². The number of esters is 1. The van der Waals surface area contributed by atoms with Crippen molar-refractivity contribution in [2.24, 2.45) is 0 Å². The molecule has 6 heteroatoms. The third-order valence-corrected chi connectivity index (χ3v) is 5.99.